The highest BCUT2D eigenvalue weighted by molar-refractivity contribution is 5.46. The first kappa shape index (κ1) is 14.0. The van der Waals surface area contributed by atoms with Crippen LogP contribution in [0.15, 0.2) is 24.3 Å². The molecule has 0 spiro atoms. The quantitative estimate of drug-likeness (QED) is 0.794. The number of rotatable bonds is 6. The molecule has 1 rings (SSSR count). The van der Waals surface area contributed by atoms with Crippen LogP contribution < -0.4 is 10.2 Å². The highest BCUT2D eigenvalue weighted by atomic mass is 16.3. The smallest absolute Gasteiger partial charge is 0.0636 e. The zero-order valence-corrected chi connectivity index (χ0v) is 11.3. The van der Waals surface area contributed by atoms with Gasteiger partial charge in [-0.05, 0) is 31.0 Å². The van der Waals surface area contributed by atoms with Crippen LogP contribution in [0, 0.1) is 0 Å². The number of aliphatic hydroxyl groups excluding tert-OH is 1. The van der Waals surface area contributed by atoms with Gasteiger partial charge in [-0.3, -0.25) is 0 Å². The summed E-state index contributed by atoms with van der Waals surface area (Å²) in [6, 6.07) is 8.88. The van der Waals surface area contributed by atoms with Crippen molar-refractivity contribution in [3.05, 3.63) is 29.8 Å². The van der Waals surface area contributed by atoms with Gasteiger partial charge in [0, 0.05) is 32.4 Å². The number of nitrogens with one attached hydrogen (secondary N) is 1. The second-order valence-electron chi connectivity index (χ2n) is 4.70. The summed E-state index contributed by atoms with van der Waals surface area (Å²) in [6.07, 6.45) is 0.721. The maximum absolute atomic E-state index is 9.29. The van der Waals surface area contributed by atoms with Gasteiger partial charge in [-0.25, -0.2) is 0 Å². The van der Waals surface area contributed by atoms with Crippen LogP contribution in [0.5, 0.6) is 0 Å². The average molecular weight is 236 g/mol. The van der Waals surface area contributed by atoms with E-state index in [0.29, 0.717) is 12.6 Å². The van der Waals surface area contributed by atoms with Gasteiger partial charge in [0.05, 0.1) is 6.10 Å². The van der Waals surface area contributed by atoms with Gasteiger partial charge in [-0.15, -0.1) is 0 Å². The highest BCUT2D eigenvalue weighted by Crippen LogP contribution is 2.20. The molecule has 0 fully saturated rings. The minimum atomic E-state index is -0.301. The van der Waals surface area contributed by atoms with Crippen molar-refractivity contribution in [1.29, 1.82) is 0 Å². The summed E-state index contributed by atoms with van der Waals surface area (Å²) in [5.41, 5.74) is 2.48. The topological polar surface area (TPSA) is 35.5 Å². The summed E-state index contributed by atoms with van der Waals surface area (Å²) in [5.74, 6) is 0. The lowest BCUT2D eigenvalue weighted by molar-refractivity contribution is 0.185. The molecule has 0 saturated carbocycles. The fourth-order valence-corrected chi connectivity index (χ4v) is 1.82. The van der Waals surface area contributed by atoms with Crippen LogP contribution in [-0.2, 0) is 0 Å². The van der Waals surface area contributed by atoms with E-state index in [0.717, 1.165) is 6.42 Å². The minimum Gasteiger partial charge on any atom is -0.392 e. The van der Waals surface area contributed by atoms with Crippen molar-refractivity contribution >= 4 is 5.69 Å². The van der Waals surface area contributed by atoms with E-state index in [1.165, 1.54) is 11.3 Å². The van der Waals surface area contributed by atoms with E-state index in [4.69, 9.17) is 0 Å². The van der Waals surface area contributed by atoms with E-state index in [1.807, 2.05) is 14.1 Å². The van der Waals surface area contributed by atoms with Crippen LogP contribution in [0.2, 0.25) is 0 Å². The summed E-state index contributed by atoms with van der Waals surface area (Å²) in [6.45, 7) is 4.59. The van der Waals surface area contributed by atoms with Crippen LogP contribution in [0.4, 0.5) is 5.69 Å². The normalized spacial score (nSPS) is 14.4. The number of nitrogens with zero attached hydrogens (tertiary/aromatic N) is 1. The Morgan fingerprint density at radius 2 is 1.82 bits per heavy atom. The fraction of sp³-hybridized carbons (Fsp3) is 0.571. The minimum absolute atomic E-state index is 0.301. The molecular weight excluding hydrogens is 212 g/mol. The Hall–Kier alpha value is -1.06. The van der Waals surface area contributed by atoms with E-state index >= 15 is 0 Å². The van der Waals surface area contributed by atoms with Crippen molar-refractivity contribution in [2.24, 2.45) is 0 Å². The monoisotopic (exact) mass is 236 g/mol. The van der Waals surface area contributed by atoms with Crippen molar-refractivity contribution in [2.75, 3.05) is 25.5 Å². The number of benzene rings is 1. The molecular formula is C14H24N2O. The molecule has 0 saturated heterocycles. The van der Waals surface area contributed by atoms with Gasteiger partial charge in [0.2, 0.25) is 0 Å². The van der Waals surface area contributed by atoms with Crippen LogP contribution >= 0.6 is 0 Å². The molecule has 0 bridgehead atoms. The number of hydrogen-bond donors (Lipinski definition) is 2. The lowest BCUT2D eigenvalue weighted by atomic mass is 10.0. The summed E-state index contributed by atoms with van der Waals surface area (Å²) >= 11 is 0. The van der Waals surface area contributed by atoms with Crippen molar-refractivity contribution < 1.29 is 5.11 Å². The van der Waals surface area contributed by atoms with Gasteiger partial charge in [-0.1, -0.05) is 19.1 Å². The third-order valence-electron chi connectivity index (χ3n) is 2.88. The average Bonchev–Trinajstić information content (AvgIpc) is 2.30. The Bertz CT molecular complexity index is 319. The van der Waals surface area contributed by atoms with Crippen LogP contribution in [-0.4, -0.2) is 31.9 Å². The molecule has 96 valence electrons. The number of hydrogen-bond acceptors (Lipinski definition) is 3. The number of aliphatic hydroxyl groups is 1. The first-order chi connectivity index (χ1) is 8.04. The Kier molecular flexibility index (Phi) is 5.45. The number of anilines is 1. The van der Waals surface area contributed by atoms with E-state index in [9.17, 15) is 5.11 Å². The summed E-state index contributed by atoms with van der Waals surface area (Å²) in [5, 5.41) is 12.7. The lowest BCUT2D eigenvalue weighted by Gasteiger charge is -2.20. The van der Waals surface area contributed by atoms with Gasteiger partial charge in [0.15, 0.2) is 0 Å². The van der Waals surface area contributed by atoms with Crippen molar-refractivity contribution in [3.63, 3.8) is 0 Å². The maximum Gasteiger partial charge on any atom is 0.0636 e. The zero-order chi connectivity index (χ0) is 12.8. The standard InChI is InChI=1S/C14H24N2O/c1-5-14(15-10-11(2)17)12-6-8-13(9-7-12)16(3)4/h6-9,11,14-15,17H,5,10H2,1-4H3. The molecule has 17 heavy (non-hydrogen) atoms. The molecule has 0 heterocycles. The zero-order valence-electron chi connectivity index (χ0n) is 11.3. The second-order valence-corrected chi connectivity index (χ2v) is 4.70. The summed E-state index contributed by atoms with van der Waals surface area (Å²) < 4.78 is 0. The molecule has 3 heteroatoms. The van der Waals surface area contributed by atoms with E-state index in [1.54, 1.807) is 6.92 Å². The predicted molar refractivity (Wildman–Crippen MR) is 73.5 cm³/mol. The molecule has 1 aromatic rings. The van der Waals surface area contributed by atoms with Crippen molar-refractivity contribution in [3.8, 4) is 0 Å². The summed E-state index contributed by atoms with van der Waals surface area (Å²) in [4.78, 5) is 2.09. The van der Waals surface area contributed by atoms with Gasteiger partial charge in [-0.2, -0.15) is 0 Å². The van der Waals surface area contributed by atoms with Crippen LogP contribution in [0.3, 0.4) is 0 Å². The maximum atomic E-state index is 9.29. The molecule has 0 aliphatic heterocycles. The largest absolute Gasteiger partial charge is 0.392 e. The molecule has 0 aromatic heterocycles. The van der Waals surface area contributed by atoms with Gasteiger partial charge in [0.1, 0.15) is 0 Å². The fourth-order valence-electron chi connectivity index (χ4n) is 1.82. The third kappa shape index (κ3) is 4.36. The third-order valence-corrected chi connectivity index (χ3v) is 2.88. The molecule has 3 nitrogen and oxygen atoms in total. The molecule has 1 aromatic carbocycles. The molecule has 0 radical (unpaired) electrons. The summed E-state index contributed by atoms with van der Waals surface area (Å²) in [7, 11) is 4.08. The predicted octanol–water partition coefficient (Wildman–Crippen LogP) is 2.17. The van der Waals surface area contributed by atoms with Gasteiger partial charge in [0.25, 0.3) is 0 Å². The van der Waals surface area contributed by atoms with E-state index in [-0.39, 0.29) is 6.10 Å². The first-order valence-electron chi connectivity index (χ1n) is 6.23. The Morgan fingerprint density at radius 3 is 2.24 bits per heavy atom. The van der Waals surface area contributed by atoms with Gasteiger partial charge < -0.3 is 15.3 Å². The molecule has 2 unspecified atom stereocenters. The van der Waals surface area contributed by atoms with Gasteiger partial charge >= 0.3 is 0 Å². The molecule has 0 amide bonds. The second kappa shape index (κ2) is 6.62. The SMILES string of the molecule is CCC(NCC(C)O)c1ccc(N(C)C)cc1. The van der Waals surface area contributed by atoms with E-state index in [2.05, 4.69) is 41.4 Å². The molecule has 0 aliphatic rings. The lowest BCUT2D eigenvalue weighted by Crippen LogP contribution is -2.28. The van der Waals surface area contributed by atoms with Crippen LogP contribution in [0.25, 0.3) is 0 Å². The van der Waals surface area contributed by atoms with Crippen molar-refractivity contribution in [1.82, 2.24) is 5.32 Å². The van der Waals surface area contributed by atoms with Crippen LogP contribution in [0.1, 0.15) is 31.9 Å². The highest BCUT2D eigenvalue weighted by Gasteiger charge is 2.09. The first-order valence-corrected chi connectivity index (χ1v) is 6.23. The Labute approximate surface area is 104 Å². The molecule has 2 N–H and O–H groups in total. The molecule has 2 atom stereocenters. The molecule has 0 aliphatic carbocycles. The Morgan fingerprint density at radius 1 is 1.24 bits per heavy atom. The van der Waals surface area contributed by atoms with E-state index < -0.39 is 0 Å². The van der Waals surface area contributed by atoms with Crippen molar-refractivity contribution in [2.45, 2.75) is 32.4 Å². The Balaban J connectivity index is 2.68.